The first-order valence-corrected chi connectivity index (χ1v) is 11.4. The van der Waals surface area contributed by atoms with Crippen molar-refractivity contribution in [2.75, 3.05) is 11.9 Å². The van der Waals surface area contributed by atoms with Gasteiger partial charge < -0.3 is 15.2 Å². The molecule has 0 aliphatic heterocycles. The molecule has 174 valence electrons. The van der Waals surface area contributed by atoms with Gasteiger partial charge >= 0.3 is 0 Å². The number of anilines is 1. The lowest BCUT2D eigenvalue weighted by Crippen LogP contribution is -2.26. The highest BCUT2D eigenvalue weighted by Gasteiger charge is 2.22. The average molecular weight is 494 g/mol. The highest BCUT2D eigenvalue weighted by Crippen LogP contribution is 2.26. The molecule has 0 spiro atoms. The number of nitrogens with zero attached hydrogens (tertiary/aromatic N) is 3. The summed E-state index contributed by atoms with van der Waals surface area (Å²) in [4.78, 5) is 24.8. The van der Waals surface area contributed by atoms with Crippen LogP contribution in [-0.2, 0) is 18.3 Å². The van der Waals surface area contributed by atoms with E-state index in [1.54, 1.807) is 35.9 Å². The summed E-state index contributed by atoms with van der Waals surface area (Å²) in [6.07, 6.45) is 0.895. The second kappa shape index (κ2) is 11.2. The number of carbonyl (C=O) groups is 2. The Bertz CT molecular complexity index is 1140. The largest absolute Gasteiger partial charge is 0.352 e. The SMILES string of the molecule is CC[C@@H](Sc1nnc(CCNC(=O)c2ccc(Cl)cc2)n1C)C(=O)Nc1ccc(F)cc1F. The third kappa shape index (κ3) is 6.52. The third-order valence-electron chi connectivity index (χ3n) is 4.77. The first-order chi connectivity index (χ1) is 15.8. The van der Waals surface area contributed by atoms with Crippen LogP contribution in [0.4, 0.5) is 14.5 Å². The van der Waals surface area contributed by atoms with Crippen LogP contribution in [0, 0.1) is 11.6 Å². The van der Waals surface area contributed by atoms with Crippen LogP contribution in [0.3, 0.4) is 0 Å². The quantitative estimate of drug-likeness (QED) is 0.435. The molecule has 0 aliphatic carbocycles. The molecule has 0 aliphatic rings. The van der Waals surface area contributed by atoms with Crippen LogP contribution in [0.2, 0.25) is 5.02 Å². The predicted octanol–water partition coefficient (Wildman–Crippen LogP) is 4.23. The van der Waals surface area contributed by atoms with Crippen molar-refractivity contribution in [3.8, 4) is 0 Å². The fraction of sp³-hybridized carbons (Fsp3) is 0.273. The normalized spacial score (nSPS) is 11.8. The lowest BCUT2D eigenvalue weighted by molar-refractivity contribution is -0.115. The van der Waals surface area contributed by atoms with Crippen molar-refractivity contribution in [1.29, 1.82) is 0 Å². The lowest BCUT2D eigenvalue weighted by Gasteiger charge is -2.14. The Morgan fingerprint density at radius 1 is 1.15 bits per heavy atom. The monoisotopic (exact) mass is 493 g/mol. The van der Waals surface area contributed by atoms with Crippen LogP contribution < -0.4 is 10.6 Å². The lowest BCUT2D eigenvalue weighted by atomic mass is 10.2. The van der Waals surface area contributed by atoms with Gasteiger partial charge in [0.15, 0.2) is 5.16 Å². The Kier molecular flexibility index (Phi) is 8.40. The summed E-state index contributed by atoms with van der Waals surface area (Å²) in [5.74, 6) is -1.58. The summed E-state index contributed by atoms with van der Waals surface area (Å²) in [6.45, 7) is 2.17. The van der Waals surface area contributed by atoms with Crippen molar-refractivity contribution in [1.82, 2.24) is 20.1 Å². The van der Waals surface area contributed by atoms with Gasteiger partial charge in [-0.3, -0.25) is 9.59 Å². The van der Waals surface area contributed by atoms with E-state index in [4.69, 9.17) is 11.6 Å². The minimum atomic E-state index is -0.843. The van der Waals surface area contributed by atoms with Crippen molar-refractivity contribution in [3.63, 3.8) is 0 Å². The topological polar surface area (TPSA) is 88.9 Å². The van der Waals surface area contributed by atoms with Crippen molar-refractivity contribution in [2.45, 2.75) is 30.2 Å². The molecular weight excluding hydrogens is 472 g/mol. The van der Waals surface area contributed by atoms with Gasteiger partial charge in [-0.1, -0.05) is 30.3 Å². The summed E-state index contributed by atoms with van der Waals surface area (Å²) in [6, 6.07) is 9.54. The summed E-state index contributed by atoms with van der Waals surface area (Å²) in [5, 5.41) is 14.1. The first-order valence-electron chi connectivity index (χ1n) is 10.1. The second-order valence-corrected chi connectivity index (χ2v) is 8.71. The zero-order valence-electron chi connectivity index (χ0n) is 17.9. The molecule has 1 aromatic heterocycles. The van der Waals surface area contributed by atoms with Gasteiger partial charge in [0.25, 0.3) is 5.91 Å². The van der Waals surface area contributed by atoms with Crippen molar-refractivity contribution in [2.24, 2.45) is 7.05 Å². The first kappa shape index (κ1) is 24.7. The number of carbonyl (C=O) groups excluding carboxylic acids is 2. The molecule has 11 heteroatoms. The number of hydrogen-bond acceptors (Lipinski definition) is 5. The fourth-order valence-electron chi connectivity index (χ4n) is 2.91. The Balaban J connectivity index is 1.56. The maximum absolute atomic E-state index is 13.8. The molecule has 2 amide bonds. The maximum Gasteiger partial charge on any atom is 0.251 e. The molecule has 0 saturated carbocycles. The highest BCUT2D eigenvalue weighted by molar-refractivity contribution is 8.00. The van der Waals surface area contributed by atoms with Crippen LogP contribution in [0.1, 0.15) is 29.5 Å². The Hall–Kier alpha value is -2.98. The van der Waals surface area contributed by atoms with E-state index in [-0.39, 0.29) is 11.6 Å². The molecule has 2 aromatic carbocycles. The predicted molar refractivity (Wildman–Crippen MR) is 123 cm³/mol. The Morgan fingerprint density at radius 3 is 2.55 bits per heavy atom. The summed E-state index contributed by atoms with van der Waals surface area (Å²) in [7, 11) is 1.77. The number of halogens is 3. The molecule has 1 heterocycles. The Morgan fingerprint density at radius 2 is 1.88 bits per heavy atom. The molecule has 3 aromatic rings. The summed E-state index contributed by atoms with van der Waals surface area (Å²) >= 11 is 7.02. The van der Waals surface area contributed by atoms with Gasteiger partial charge in [0.2, 0.25) is 5.91 Å². The van der Waals surface area contributed by atoms with E-state index in [1.807, 2.05) is 6.92 Å². The average Bonchev–Trinajstić information content (AvgIpc) is 3.13. The second-order valence-electron chi connectivity index (χ2n) is 7.10. The van der Waals surface area contributed by atoms with E-state index in [9.17, 15) is 18.4 Å². The standard InChI is InChI=1S/C22H22ClF2N5O2S/c1-3-18(21(32)27-17-9-8-15(24)12-16(17)25)33-22-29-28-19(30(22)2)10-11-26-20(31)13-4-6-14(23)7-5-13/h4-9,12,18H,3,10-11H2,1-2H3,(H,26,31)(H,27,32)/t18-/m1/s1. The number of rotatable bonds is 9. The van der Waals surface area contributed by atoms with Gasteiger partial charge in [0.1, 0.15) is 17.5 Å². The number of nitrogens with one attached hydrogen (secondary N) is 2. The number of hydrogen-bond donors (Lipinski definition) is 2. The van der Waals surface area contributed by atoms with Crippen LogP contribution in [0.15, 0.2) is 47.6 Å². The molecule has 3 rings (SSSR count). The molecule has 0 fully saturated rings. The molecule has 0 unspecified atom stereocenters. The van der Waals surface area contributed by atoms with Crippen LogP contribution in [0.25, 0.3) is 0 Å². The molecule has 0 radical (unpaired) electrons. The van der Waals surface area contributed by atoms with Crippen molar-refractivity contribution < 1.29 is 18.4 Å². The van der Waals surface area contributed by atoms with E-state index in [0.29, 0.717) is 47.0 Å². The molecule has 33 heavy (non-hydrogen) atoms. The number of thioether (sulfide) groups is 1. The van der Waals surface area contributed by atoms with Gasteiger partial charge in [-0.2, -0.15) is 0 Å². The molecule has 0 saturated heterocycles. The van der Waals surface area contributed by atoms with Gasteiger partial charge in [0.05, 0.1) is 10.9 Å². The van der Waals surface area contributed by atoms with Gasteiger partial charge in [-0.15, -0.1) is 10.2 Å². The number of benzene rings is 2. The van der Waals surface area contributed by atoms with Gasteiger partial charge in [-0.05, 0) is 42.8 Å². The van der Waals surface area contributed by atoms with Crippen LogP contribution in [-0.4, -0.2) is 38.4 Å². The molecule has 0 bridgehead atoms. The number of aromatic nitrogens is 3. The third-order valence-corrected chi connectivity index (χ3v) is 6.42. The summed E-state index contributed by atoms with van der Waals surface area (Å²) < 4.78 is 28.7. The van der Waals surface area contributed by atoms with E-state index < -0.39 is 22.8 Å². The molecule has 7 nitrogen and oxygen atoms in total. The maximum atomic E-state index is 13.8. The fourth-order valence-corrected chi connectivity index (χ4v) is 3.97. The van der Waals surface area contributed by atoms with E-state index in [0.717, 1.165) is 6.07 Å². The van der Waals surface area contributed by atoms with Crippen LogP contribution in [0.5, 0.6) is 0 Å². The van der Waals surface area contributed by atoms with E-state index in [2.05, 4.69) is 20.8 Å². The van der Waals surface area contributed by atoms with Crippen molar-refractivity contribution >= 4 is 40.9 Å². The highest BCUT2D eigenvalue weighted by atomic mass is 35.5. The van der Waals surface area contributed by atoms with Gasteiger partial charge in [-0.25, -0.2) is 8.78 Å². The van der Waals surface area contributed by atoms with Gasteiger partial charge in [0, 0.05) is 36.7 Å². The minimum Gasteiger partial charge on any atom is -0.352 e. The van der Waals surface area contributed by atoms with Crippen molar-refractivity contribution in [3.05, 3.63) is 70.5 Å². The number of amides is 2. The zero-order valence-corrected chi connectivity index (χ0v) is 19.5. The Labute approximate surface area is 198 Å². The van der Waals surface area contributed by atoms with E-state index in [1.165, 1.54) is 17.8 Å². The summed E-state index contributed by atoms with van der Waals surface area (Å²) in [5.41, 5.74) is 0.415. The molecular formula is C22H22ClF2N5O2S. The van der Waals surface area contributed by atoms with E-state index >= 15 is 0 Å². The molecule has 2 N–H and O–H groups in total. The minimum absolute atomic E-state index is 0.0875. The zero-order chi connectivity index (χ0) is 24.0. The smallest absolute Gasteiger partial charge is 0.251 e. The molecule has 1 atom stereocenters. The van der Waals surface area contributed by atoms with Crippen LogP contribution >= 0.6 is 23.4 Å².